The van der Waals surface area contributed by atoms with Gasteiger partial charge in [-0.05, 0) is 35.4 Å². The maximum Gasteiger partial charge on any atom is 0.191 e. The number of aliphatic imine (C=N–C) groups is 1. The van der Waals surface area contributed by atoms with Crippen LogP contribution in [0.1, 0.15) is 18.2 Å². The van der Waals surface area contributed by atoms with E-state index in [0.29, 0.717) is 13.1 Å². The van der Waals surface area contributed by atoms with Gasteiger partial charge in [0, 0.05) is 19.8 Å². The topological polar surface area (TPSA) is 54.2 Å². The lowest BCUT2D eigenvalue weighted by Gasteiger charge is -2.11. The number of guanidine groups is 1. The summed E-state index contributed by atoms with van der Waals surface area (Å²) in [6, 6.07) is 4.09. The summed E-state index contributed by atoms with van der Waals surface area (Å²) in [7, 11) is 1.94. The van der Waals surface area contributed by atoms with Crippen LogP contribution in [0.25, 0.3) is 0 Å². The zero-order valence-electron chi connectivity index (χ0n) is 11.3. The van der Waals surface area contributed by atoms with Crippen LogP contribution in [-0.2, 0) is 20.1 Å². The number of rotatable bonds is 5. The lowest BCUT2D eigenvalue weighted by Crippen LogP contribution is -2.37. The molecule has 0 aromatic carbocycles. The predicted octanol–water partition coefficient (Wildman–Crippen LogP) is 1.74. The predicted molar refractivity (Wildman–Crippen MR) is 79.2 cm³/mol. The Morgan fingerprint density at radius 2 is 2.32 bits per heavy atom. The molecule has 2 aromatic rings. The molecule has 0 atom stereocenters. The summed E-state index contributed by atoms with van der Waals surface area (Å²) in [5, 5.41) is 14.9. The van der Waals surface area contributed by atoms with Crippen LogP contribution in [-0.4, -0.2) is 22.3 Å². The van der Waals surface area contributed by atoms with Gasteiger partial charge >= 0.3 is 0 Å². The van der Waals surface area contributed by atoms with Crippen LogP contribution >= 0.6 is 11.3 Å². The Morgan fingerprint density at radius 3 is 2.95 bits per heavy atom. The molecule has 0 aliphatic rings. The molecule has 0 radical (unpaired) electrons. The quantitative estimate of drug-likeness (QED) is 0.646. The summed E-state index contributed by atoms with van der Waals surface area (Å²) >= 11 is 1.70. The molecule has 2 aromatic heterocycles. The second kappa shape index (κ2) is 6.94. The second-order valence-electron chi connectivity index (χ2n) is 4.13. The third kappa shape index (κ3) is 4.10. The van der Waals surface area contributed by atoms with Gasteiger partial charge in [-0.15, -0.1) is 0 Å². The highest BCUT2D eigenvalue weighted by atomic mass is 32.1. The minimum absolute atomic E-state index is 0.699. The van der Waals surface area contributed by atoms with Crippen molar-refractivity contribution in [1.82, 2.24) is 20.4 Å². The van der Waals surface area contributed by atoms with E-state index in [2.05, 4.69) is 44.5 Å². The fourth-order valence-corrected chi connectivity index (χ4v) is 2.30. The van der Waals surface area contributed by atoms with E-state index in [0.717, 1.165) is 18.2 Å². The molecule has 0 fully saturated rings. The Kier molecular flexibility index (Phi) is 4.97. The van der Waals surface area contributed by atoms with Gasteiger partial charge in [0.05, 0.1) is 18.8 Å². The highest BCUT2D eigenvalue weighted by Gasteiger charge is 2.01. The number of hydrogen-bond donors (Lipinski definition) is 2. The molecule has 2 rings (SSSR count). The molecule has 0 aliphatic carbocycles. The van der Waals surface area contributed by atoms with Crippen molar-refractivity contribution in [3.8, 4) is 0 Å². The molecule has 2 heterocycles. The third-order valence-corrected chi connectivity index (χ3v) is 3.44. The van der Waals surface area contributed by atoms with Crippen molar-refractivity contribution in [2.24, 2.45) is 12.0 Å². The molecule has 2 N–H and O–H groups in total. The lowest BCUT2D eigenvalue weighted by molar-refractivity contribution is 0.685. The number of thiophene rings is 1. The maximum atomic E-state index is 4.56. The molecule has 0 saturated heterocycles. The Hall–Kier alpha value is -1.82. The number of nitrogens with zero attached hydrogens (tertiary/aromatic N) is 3. The second-order valence-corrected chi connectivity index (χ2v) is 4.91. The molecule has 0 amide bonds. The van der Waals surface area contributed by atoms with Gasteiger partial charge in [-0.2, -0.15) is 16.4 Å². The monoisotopic (exact) mass is 277 g/mol. The van der Waals surface area contributed by atoms with Crippen molar-refractivity contribution in [2.75, 3.05) is 6.54 Å². The molecular formula is C13H19N5S. The van der Waals surface area contributed by atoms with E-state index in [-0.39, 0.29) is 0 Å². The van der Waals surface area contributed by atoms with Crippen molar-refractivity contribution in [1.29, 1.82) is 0 Å². The summed E-state index contributed by atoms with van der Waals surface area (Å²) in [4.78, 5) is 4.56. The standard InChI is InChI=1S/C13H19N5S/c1-3-14-13(15-8-11-5-7-19-10-11)16-9-12-4-6-17-18(12)2/h4-7,10H,3,8-9H2,1-2H3,(H2,14,15,16). The average Bonchev–Trinajstić information content (AvgIpc) is 3.04. The van der Waals surface area contributed by atoms with Crippen LogP contribution in [0, 0.1) is 0 Å². The molecule has 6 heteroatoms. The molecule has 0 aliphatic heterocycles. The molecule has 19 heavy (non-hydrogen) atoms. The minimum Gasteiger partial charge on any atom is -0.357 e. The molecule has 5 nitrogen and oxygen atoms in total. The van der Waals surface area contributed by atoms with Crippen LogP contribution in [0.2, 0.25) is 0 Å². The van der Waals surface area contributed by atoms with E-state index in [1.54, 1.807) is 17.5 Å². The first kappa shape index (κ1) is 13.6. The SMILES string of the molecule is CCNC(=NCc1ccsc1)NCc1ccnn1C. The number of nitrogens with one attached hydrogen (secondary N) is 2. The molecular weight excluding hydrogens is 258 g/mol. The van der Waals surface area contributed by atoms with E-state index in [9.17, 15) is 0 Å². The smallest absolute Gasteiger partial charge is 0.191 e. The lowest BCUT2D eigenvalue weighted by atomic mass is 10.3. The van der Waals surface area contributed by atoms with Crippen molar-refractivity contribution < 1.29 is 0 Å². The molecule has 0 unspecified atom stereocenters. The Balaban J connectivity index is 1.92. The van der Waals surface area contributed by atoms with E-state index >= 15 is 0 Å². The maximum absolute atomic E-state index is 4.56. The highest BCUT2D eigenvalue weighted by molar-refractivity contribution is 7.07. The van der Waals surface area contributed by atoms with Crippen LogP contribution in [0.5, 0.6) is 0 Å². The van der Waals surface area contributed by atoms with Crippen LogP contribution < -0.4 is 10.6 Å². The summed E-state index contributed by atoms with van der Waals surface area (Å²) in [6.45, 7) is 4.32. The van der Waals surface area contributed by atoms with Gasteiger partial charge in [0.15, 0.2) is 5.96 Å². The summed E-state index contributed by atoms with van der Waals surface area (Å²) < 4.78 is 1.86. The van der Waals surface area contributed by atoms with Gasteiger partial charge in [-0.3, -0.25) is 4.68 Å². The molecule has 0 spiro atoms. The van der Waals surface area contributed by atoms with Crippen molar-refractivity contribution in [3.05, 3.63) is 40.3 Å². The van der Waals surface area contributed by atoms with E-state index in [4.69, 9.17) is 0 Å². The summed E-state index contributed by atoms with van der Waals surface area (Å²) in [5.41, 5.74) is 2.36. The van der Waals surface area contributed by atoms with Crippen LogP contribution in [0.15, 0.2) is 34.1 Å². The summed E-state index contributed by atoms with van der Waals surface area (Å²) in [6.07, 6.45) is 1.80. The Morgan fingerprint density at radius 1 is 1.42 bits per heavy atom. The molecule has 0 saturated carbocycles. The number of aryl methyl sites for hydroxylation is 1. The van der Waals surface area contributed by atoms with Crippen molar-refractivity contribution in [3.63, 3.8) is 0 Å². The molecule has 102 valence electrons. The first-order valence-electron chi connectivity index (χ1n) is 6.29. The first-order chi connectivity index (χ1) is 9.29. The van der Waals surface area contributed by atoms with Gasteiger partial charge in [0.25, 0.3) is 0 Å². The van der Waals surface area contributed by atoms with Crippen molar-refractivity contribution in [2.45, 2.75) is 20.0 Å². The third-order valence-electron chi connectivity index (χ3n) is 2.70. The number of hydrogen-bond acceptors (Lipinski definition) is 3. The fourth-order valence-electron chi connectivity index (χ4n) is 1.64. The first-order valence-corrected chi connectivity index (χ1v) is 7.24. The van der Waals surface area contributed by atoms with Gasteiger partial charge in [0.1, 0.15) is 0 Å². The largest absolute Gasteiger partial charge is 0.357 e. The van der Waals surface area contributed by atoms with Gasteiger partial charge in [-0.25, -0.2) is 4.99 Å². The fraction of sp³-hybridized carbons (Fsp3) is 0.385. The van der Waals surface area contributed by atoms with Gasteiger partial charge in [0.2, 0.25) is 0 Å². The van der Waals surface area contributed by atoms with E-state index < -0.39 is 0 Å². The zero-order valence-corrected chi connectivity index (χ0v) is 12.1. The minimum atomic E-state index is 0.699. The summed E-state index contributed by atoms with van der Waals surface area (Å²) in [5.74, 6) is 0.829. The van der Waals surface area contributed by atoms with Crippen LogP contribution in [0.4, 0.5) is 0 Å². The normalized spacial score (nSPS) is 11.6. The Bertz CT molecular complexity index is 515. The van der Waals surface area contributed by atoms with Gasteiger partial charge in [-0.1, -0.05) is 0 Å². The van der Waals surface area contributed by atoms with Crippen LogP contribution in [0.3, 0.4) is 0 Å². The Labute approximate surface area is 117 Å². The van der Waals surface area contributed by atoms with Gasteiger partial charge < -0.3 is 10.6 Å². The van der Waals surface area contributed by atoms with E-state index in [1.165, 1.54) is 5.56 Å². The van der Waals surface area contributed by atoms with E-state index in [1.807, 2.05) is 17.8 Å². The number of aromatic nitrogens is 2. The highest BCUT2D eigenvalue weighted by Crippen LogP contribution is 2.06. The zero-order chi connectivity index (χ0) is 13.5. The van der Waals surface area contributed by atoms with Crippen molar-refractivity contribution >= 4 is 17.3 Å². The molecule has 0 bridgehead atoms. The average molecular weight is 277 g/mol.